The van der Waals surface area contributed by atoms with Gasteiger partial charge in [0.15, 0.2) is 0 Å². The van der Waals surface area contributed by atoms with E-state index in [2.05, 4.69) is 5.32 Å². The van der Waals surface area contributed by atoms with Gasteiger partial charge in [0.1, 0.15) is 0 Å². The van der Waals surface area contributed by atoms with E-state index in [1.54, 1.807) is 0 Å². The van der Waals surface area contributed by atoms with Crippen LogP contribution in [-0.2, 0) is 14.4 Å². The van der Waals surface area contributed by atoms with E-state index in [1.165, 1.54) is 0 Å². The molecule has 0 bridgehead atoms. The number of carbonyl (C=O) groups excluding carboxylic acids is 3. The van der Waals surface area contributed by atoms with E-state index in [9.17, 15) is 14.4 Å². The highest BCUT2D eigenvalue weighted by molar-refractivity contribution is 6.36. The molecule has 1 atom stereocenters. The lowest BCUT2D eigenvalue weighted by atomic mass is 10.2. The Hall–Kier alpha value is -1.43. The van der Waals surface area contributed by atoms with Gasteiger partial charge in [0.05, 0.1) is 12.6 Å². The van der Waals surface area contributed by atoms with Gasteiger partial charge in [-0.05, 0) is 26.4 Å². The quantitative estimate of drug-likeness (QED) is 0.542. The first-order valence-electron chi connectivity index (χ1n) is 4.83. The zero-order valence-corrected chi connectivity index (χ0v) is 8.66. The third-order valence-electron chi connectivity index (χ3n) is 2.52. The third-order valence-corrected chi connectivity index (χ3v) is 2.52. The first-order valence-corrected chi connectivity index (χ1v) is 4.83. The van der Waals surface area contributed by atoms with Crippen molar-refractivity contribution < 1.29 is 14.4 Å². The van der Waals surface area contributed by atoms with Gasteiger partial charge in [0.2, 0.25) is 11.7 Å². The van der Waals surface area contributed by atoms with Gasteiger partial charge in [-0.2, -0.15) is 0 Å². The van der Waals surface area contributed by atoms with Crippen LogP contribution in [0.15, 0.2) is 0 Å². The third kappa shape index (κ3) is 3.02. The largest absolute Gasteiger partial charge is 0.363 e. The molecule has 0 aliphatic carbocycles. The number of hydrogen-bond donors (Lipinski definition) is 2. The Morgan fingerprint density at radius 3 is 2.60 bits per heavy atom. The fraction of sp³-hybridized carbons (Fsp3) is 0.667. The molecule has 1 aliphatic heterocycles. The number of nitrogens with zero attached hydrogens (tertiary/aromatic N) is 1. The standard InChI is InChI=1S/C9H15N3O3/c1-12-4-2-3-6(12)9(15)11-5-7(13)8(10)14/h6H,2-5H2,1H3,(H2,10,14)(H,11,15). The molecule has 84 valence electrons. The number of carbonyl (C=O) groups is 3. The van der Waals surface area contributed by atoms with Gasteiger partial charge in [-0.1, -0.05) is 0 Å². The van der Waals surface area contributed by atoms with Gasteiger partial charge in [-0.15, -0.1) is 0 Å². The summed E-state index contributed by atoms with van der Waals surface area (Å²) in [5, 5.41) is 2.41. The second-order valence-corrected chi connectivity index (χ2v) is 3.64. The summed E-state index contributed by atoms with van der Waals surface area (Å²) in [6.07, 6.45) is 1.76. The molecule has 3 N–H and O–H groups in total. The first kappa shape index (κ1) is 11.6. The minimum Gasteiger partial charge on any atom is -0.363 e. The second-order valence-electron chi connectivity index (χ2n) is 3.64. The molecule has 2 amide bonds. The van der Waals surface area contributed by atoms with Crippen LogP contribution in [0, 0.1) is 0 Å². The minimum atomic E-state index is -1.02. The summed E-state index contributed by atoms with van der Waals surface area (Å²) in [6, 6.07) is -0.189. The highest BCUT2D eigenvalue weighted by Crippen LogP contribution is 2.14. The van der Waals surface area contributed by atoms with Crippen molar-refractivity contribution in [1.82, 2.24) is 10.2 Å². The SMILES string of the molecule is CN1CCCC1C(=O)NCC(=O)C(N)=O. The predicted octanol–water partition coefficient (Wildman–Crippen LogP) is -1.75. The molecule has 0 radical (unpaired) electrons. The molecule has 0 spiro atoms. The number of Topliss-reactive ketones (excluding diaryl/α,β-unsaturated/α-hetero) is 1. The van der Waals surface area contributed by atoms with E-state index in [0.29, 0.717) is 0 Å². The average Bonchev–Trinajstić information content (AvgIpc) is 2.60. The highest BCUT2D eigenvalue weighted by atomic mass is 16.2. The number of primary amides is 1. The Bertz CT molecular complexity index is 290. The van der Waals surface area contributed by atoms with E-state index in [4.69, 9.17) is 5.73 Å². The van der Waals surface area contributed by atoms with Gasteiger partial charge in [0, 0.05) is 0 Å². The minimum absolute atomic E-state index is 0.189. The molecule has 6 heteroatoms. The van der Waals surface area contributed by atoms with Crippen LogP contribution < -0.4 is 11.1 Å². The Morgan fingerprint density at radius 2 is 2.13 bits per heavy atom. The number of likely N-dealkylation sites (tertiary alicyclic amines) is 1. The lowest BCUT2D eigenvalue weighted by molar-refractivity contribution is -0.136. The monoisotopic (exact) mass is 213 g/mol. The molecule has 1 unspecified atom stereocenters. The van der Waals surface area contributed by atoms with E-state index in [0.717, 1.165) is 19.4 Å². The fourth-order valence-corrected chi connectivity index (χ4v) is 1.61. The van der Waals surface area contributed by atoms with Crippen molar-refractivity contribution >= 4 is 17.6 Å². The van der Waals surface area contributed by atoms with Crippen molar-refractivity contribution in [3.8, 4) is 0 Å². The normalized spacial score (nSPS) is 21.3. The number of nitrogens with one attached hydrogen (secondary N) is 1. The van der Waals surface area contributed by atoms with Gasteiger partial charge in [-0.3, -0.25) is 19.3 Å². The summed E-state index contributed by atoms with van der Waals surface area (Å²) in [5.41, 5.74) is 4.75. The fourth-order valence-electron chi connectivity index (χ4n) is 1.61. The molecule has 1 aliphatic rings. The van der Waals surface area contributed by atoms with Crippen LogP contribution in [0.25, 0.3) is 0 Å². The van der Waals surface area contributed by atoms with Crippen LogP contribution in [0.2, 0.25) is 0 Å². The van der Waals surface area contributed by atoms with Crippen molar-refractivity contribution in [2.24, 2.45) is 5.73 Å². The maximum atomic E-state index is 11.5. The van der Waals surface area contributed by atoms with Crippen LogP contribution in [0.1, 0.15) is 12.8 Å². The summed E-state index contributed by atoms with van der Waals surface area (Å²) in [7, 11) is 1.85. The molecule has 0 aromatic heterocycles. The molecule has 1 rings (SSSR count). The van der Waals surface area contributed by atoms with Crippen molar-refractivity contribution in [1.29, 1.82) is 0 Å². The Labute approximate surface area is 87.8 Å². The van der Waals surface area contributed by atoms with Crippen molar-refractivity contribution in [2.75, 3.05) is 20.1 Å². The number of amides is 2. The van der Waals surface area contributed by atoms with Crippen molar-refractivity contribution in [2.45, 2.75) is 18.9 Å². The lowest BCUT2D eigenvalue weighted by Crippen LogP contribution is -2.44. The first-order chi connectivity index (χ1) is 7.02. The number of hydrogen-bond acceptors (Lipinski definition) is 4. The number of rotatable bonds is 4. The zero-order valence-electron chi connectivity index (χ0n) is 8.66. The van der Waals surface area contributed by atoms with E-state index >= 15 is 0 Å². The number of nitrogens with two attached hydrogens (primary N) is 1. The summed E-state index contributed by atoms with van der Waals surface area (Å²) < 4.78 is 0. The average molecular weight is 213 g/mol. The molecule has 6 nitrogen and oxygen atoms in total. The molecule has 1 heterocycles. The molecule has 0 aromatic rings. The maximum absolute atomic E-state index is 11.5. The van der Waals surface area contributed by atoms with E-state index < -0.39 is 11.7 Å². The van der Waals surface area contributed by atoms with E-state index in [-0.39, 0.29) is 18.5 Å². The maximum Gasteiger partial charge on any atom is 0.286 e. The van der Waals surface area contributed by atoms with Crippen molar-refractivity contribution in [3.63, 3.8) is 0 Å². The smallest absolute Gasteiger partial charge is 0.286 e. The second kappa shape index (κ2) is 4.88. The summed E-state index contributed by atoms with van der Waals surface area (Å²) in [5.74, 6) is -2.01. The van der Waals surface area contributed by atoms with Crippen LogP contribution in [0.3, 0.4) is 0 Å². The zero-order chi connectivity index (χ0) is 11.4. The number of likely N-dealkylation sites (N-methyl/N-ethyl adjacent to an activating group) is 1. The Balaban J connectivity index is 2.36. The van der Waals surface area contributed by atoms with Crippen LogP contribution in [-0.4, -0.2) is 48.7 Å². The molecule has 15 heavy (non-hydrogen) atoms. The highest BCUT2D eigenvalue weighted by Gasteiger charge is 2.27. The molecule has 0 saturated carbocycles. The topological polar surface area (TPSA) is 92.5 Å². The van der Waals surface area contributed by atoms with Crippen LogP contribution in [0.4, 0.5) is 0 Å². The van der Waals surface area contributed by atoms with Crippen LogP contribution >= 0.6 is 0 Å². The molecule has 0 aromatic carbocycles. The van der Waals surface area contributed by atoms with Crippen LogP contribution in [0.5, 0.6) is 0 Å². The van der Waals surface area contributed by atoms with Gasteiger partial charge in [-0.25, -0.2) is 0 Å². The van der Waals surface area contributed by atoms with Gasteiger partial charge in [0.25, 0.3) is 5.91 Å². The van der Waals surface area contributed by atoms with E-state index in [1.807, 2.05) is 11.9 Å². The van der Waals surface area contributed by atoms with Crippen molar-refractivity contribution in [3.05, 3.63) is 0 Å². The summed E-state index contributed by atoms with van der Waals surface area (Å²) >= 11 is 0. The lowest BCUT2D eigenvalue weighted by Gasteiger charge is -2.17. The number of ketones is 1. The Morgan fingerprint density at radius 1 is 1.47 bits per heavy atom. The molecule has 1 fully saturated rings. The molecular weight excluding hydrogens is 198 g/mol. The summed E-state index contributed by atoms with van der Waals surface area (Å²) in [4.78, 5) is 34.7. The molecule has 1 saturated heterocycles. The Kier molecular flexibility index (Phi) is 3.79. The predicted molar refractivity (Wildman–Crippen MR) is 52.9 cm³/mol. The summed E-state index contributed by atoms with van der Waals surface area (Å²) in [6.45, 7) is 0.570. The molecular formula is C9H15N3O3. The van der Waals surface area contributed by atoms with Gasteiger partial charge >= 0.3 is 0 Å². The van der Waals surface area contributed by atoms with Gasteiger partial charge < -0.3 is 11.1 Å².